The van der Waals surface area contributed by atoms with Crippen molar-refractivity contribution in [2.45, 2.75) is 32.0 Å². The lowest BCUT2D eigenvalue weighted by Crippen LogP contribution is -2.26. The van der Waals surface area contributed by atoms with Gasteiger partial charge < -0.3 is 9.88 Å². The maximum atomic E-state index is 11.6. The third-order valence-electron chi connectivity index (χ3n) is 3.36. The van der Waals surface area contributed by atoms with Crippen molar-refractivity contribution in [1.29, 1.82) is 0 Å². The van der Waals surface area contributed by atoms with Gasteiger partial charge in [-0.3, -0.25) is 4.79 Å². The largest absolute Gasteiger partial charge is 0.311 e. The van der Waals surface area contributed by atoms with Crippen LogP contribution in [0.25, 0.3) is 11.4 Å². The Morgan fingerprint density at radius 3 is 2.83 bits per heavy atom. The van der Waals surface area contributed by atoms with Gasteiger partial charge in [-0.1, -0.05) is 11.8 Å². The molecule has 5 nitrogen and oxygen atoms in total. The first-order chi connectivity index (χ1) is 8.61. The van der Waals surface area contributed by atoms with Crippen LogP contribution < -0.4 is 5.32 Å². The highest BCUT2D eigenvalue weighted by atomic mass is 32.2. The van der Waals surface area contributed by atoms with Gasteiger partial charge in [0.1, 0.15) is 5.82 Å². The summed E-state index contributed by atoms with van der Waals surface area (Å²) in [6.07, 6.45) is 2.49. The van der Waals surface area contributed by atoms with Crippen LogP contribution in [0.1, 0.15) is 17.7 Å². The summed E-state index contributed by atoms with van der Waals surface area (Å²) >= 11 is 1.58. The number of nitrogens with zero attached hydrogens (tertiary/aromatic N) is 3. The van der Waals surface area contributed by atoms with Crippen LogP contribution in [0.4, 0.5) is 5.82 Å². The molecule has 3 heterocycles. The van der Waals surface area contributed by atoms with Gasteiger partial charge in [0.2, 0.25) is 5.91 Å². The number of thioether (sulfide) groups is 1. The van der Waals surface area contributed by atoms with Gasteiger partial charge in [-0.2, -0.15) is 0 Å². The second-order valence-electron chi connectivity index (χ2n) is 4.42. The monoisotopic (exact) mass is 262 g/mol. The molecule has 6 heteroatoms. The molecule has 0 aliphatic carbocycles. The quantitative estimate of drug-likeness (QED) is 0.631. The van der Waals surface area contributed by atoms with E-state index < -0.39 is 0 Å². The number of hydrogen-bond acceptors (Lipinski definition) is 4. The number of rotatable bonds is 1. The molecule has 1 N–H and O–H groups in total. The molecule has 0 saturated carbocycles. The second kappa shape index (κ2) is 3.98. The van der Waals surface area contributed by atoms with E-state index in [1.165, 1.54) is 0 Å². The first kappa shape index (κ1) is 11.5. The van der Waals surface area contributed by atoms with Crippen molar-refractivity contribution in [3.8, 4) is 11.4 Å². The van der Waals surface area contributed by atoms with E-state index in [2.05, 4.69) is 19.9 Å². The van der Waals surface area contributed by atoms with E-state index in [0.29, 0.717) is 13.0 Å². The fraction of sp³-hybridized carbons (Fsp3) is 0.417. The molecule has 0 spiro atoms. The van der Waals surface area contributed by atoms with Gasteiger partial charge in [0, 0.05) is 18.7 Å². The summed E-state index contributed by atoms with van der Waals surface area (Å²) in [4.78, 5) is 20.7. The Morgan fingerprint density at radius 1 is 1.33 bits per heavy atom. The van der Waals surface area contributed by atoms with E-state index in [0.717, 1.165) is 33.6 Å². The van der Waals surface area contributed by atoms with E-state index in [4.69, 9.17) is 0 Å². The summed E-state index contributed by atoms with van der Waals surface area (Å²) in [5.41, 5.74) is 3.04. The second-order valence-corrected chi connectivity index (χ2v) is 5.19. The predicted octanol–water partition coefficient (Wildman–Crippen LogP) is 2.06. The summed E-state index contributed by atoms with van der Waals surface area (Å²) in [6, 6.07) is 0. The lowest BCUT2D eigenvalue weighted by molar-refractivity contribution is -0.116. The van der Waals surface area contributed by atoms with Crippen LogP contribution in [-0.4, -0.2) is 26.7 Å². The SMILES string of the molecule is CSc1nc2nc(C)c(C)c-2c2n1CCC(=O)N2. The van der Waals surface area contributed by atoms with Crippen molar-refractivity contribution in [2.75, 3.05) is 11.6 Å². The normalized spacial score (nSPS) is 14.7. The number of aromatic nitrogens is 3. The van der Waals surface area contributed by atoms with Crippen molar-refractivity contribution in [2.24, 2.45) is 0 Å². The number of hydrogen-bond donors (Lipinski definition) is 1. The molecular formula is C12H14N4OS. The highest BCUT2D eigenvalue weighted by Gasteiger charge is 2.27. The lowest BCUT2D eigenvalue weighted by Gasteiger charge is -2.24. The molecule has 0 saturated heterocycles. The Bertz CT molecular complexity index is 619. The van der Waals surface area contributed by atoms with Gasteiger partial charge in [-0.05, 0) is 25.7 Å². The van der Waals surface area contributed by atoms with Crippen LogP contribution in [0.15, 0.2) is 5.16 Å². The summed E-state index contributed by atoms with van der Waals surface area (Å²) < 4.78 is 2.07. The predicted molar refractivity (Wildman–Crippen MR) is 71.1 cm³/mol. The summed E-state index contributed by atoms with van der Waals surface area (Å²) in [5.74, 6) is 1.63. The van der Waals surface area contributed by atoms with Gasteiger partial charge in [-0.15, -0.1) is 0 Å². The molecule has 3 rings (SSSR count). The molecule has 18 heavy (non-hydrogen) atoms. The fourth-order valence-electron chi connectivity index (χ4n) is 2.29. The molecular weight excluding hydrogens is 248 g/mol. The summed E-state index contributed by atoms with van der Waals surface area (Å²) in [7, 11) is 0. The molecule has 0 aromatic carbocycles. The van der Waals surface area contributed by atoms with Crippen molar-refractivity contribution in [3.05, 3.63) is 11.3 Å². The number of fused-ring (bicyclic) bond motifs is 3. The number of nitrogens with one attached hydrogen (secondary N) is 1. The van der Waals surface area contributed by atoms with Crippen LogP contribution in [-0.2, 0) is 11.3 Å². The number of amides is 1. The van der Waals surface area contributed by atoms with Gasteiger partial charge in [0.15, 0.2) is 11.0 Å². The zero-order valence-electron chi connectivity index (χ0n) is 10.6. The Kier molecular flexibility index (Phi) is 2.55. The highest BCUT2D eigenvalue weighted by Crippen LogP contribution is 2.37. The van der Waals surface area contributed by atoms with Gasteiger partial charge in [0.25, 0.3) is 0 Å². The van der Waals surface area contributed by atoms with E-state index in [1.807, 2.05) is 20.1 Å². The number of carbonyl (C=O) groups is 1. The third kappa shape index (κ3) is 1.52. The van der Waals surface area contributed by atoms with Crippen LogP contribution in [0.5, 0.6) is 0 Å². The minimum atomic E-state index is 0.0628. The first-order valence-corrected chi connectivity index (χ1v) is 7.05. The average Bonchev–Trinajstić information content (AvgIpc) is 2.64. The number of carbonyl (C=O) groups excluding carboxylic acids is 1. The van der Waals surface area contributed by atoms with Crippen molar-refractivity contribution < 1.29 is 4.79 Å². The Balaban J connectivity index is 2.36. The van der Waals surface area contributed by atoms with Gasteiger partial charge >= 0.3 is 0 Å². The summed E-state index contributed by atoms with van der Waals surface area (Å²) in [5, 5.41) is 3.86. The van der Waals surface area contributed by atoms with Crippen molar-refractivity contribution in [3.63, 3.8) is 0 Å². The zero-order chi connectivity index (χ0) is 12.9. The molecule has 0 bridgehead atoms. The molecule has 0 atom stereocenters. The minimum absolute atomic E-state index is 0.0628. The maximum Gasteiger partial charge on any atom is 0.227 e. The smallest absolute Gasteiger partial charge is 0.227 e. The van der Waals surface area contributed by atoms with Crippen LogP contribution in [0.3, 0.4) is 0 Å². The van der Waals surface area contributed by atoms with E-state index in [-0.39, 0.29) is 5.91 Å². The van der Waals surface area contributed by atoms with Crippen LogP contribution >= 0.6 is 11.8 Å². The molecule has 3 aliphatic rings. The Morgan fingerprint density at radius 2 is 2.11 bits per heavy atom. The molecule has 0 unspecified atom stereocenters. The van der Waals surface area contributed by atoms with Crippen molar-refractivity contribution in [1.82, 2.24) is 14.5 Å². The van der Waals surface area contributed by atoms with Gasteiger partial charge in [-0.25, -0.2) is 9.97 Å². The van der Waals surface area contributed by atoms with Crippen molar-refractivity contribution >= 4 is 23.5 Å². The lowest BCUT2D eigenvalue weighted by atomic mass is 10.1. The number of aryl methyl sites for hydroxylation is 1. The molecule has 0 fully saturated rings. The Labute approximate surface area is 109 Å². The third-order valence-corrected chi connectivity index (χ3v) is 4.03. The molecule has 94 valence electrons. The molecule has 0 aromatic rings. The maximum absolute atomic E-state index is 11.6. The highest BCUT2D eigenvalue weighted by molar-refractivity contribution is 7.98. The Hall–Kier alpha value is -1.56. The summed E-state index contributed by atoms with van der Waals surface area (Å²) in [6.45, 7) is 4.67. The standard InChI is InChI=1S/C12H14N4OS/c1-6-7(2)13-10-9(6)11-14-8(17)4-5-16(11)12(15-10)18-3/h4-5H2,1-3H3,(H,14,17). The van der Waals surface area contributed by atoms with Crippen LogP contribution in [0, 0.1) is 13.8 Å². The van der Waals surface area contributed by atoms with E-state index >= 15 is 0 Å². The number of anilines is 1. The fourth-order valence-corrected chi connectivity index (χ4v) is 2.88. The molecule has 1 amide bonds. The molecule has 3 aliphatic heterocycles. The average molecular weight is 262 g/mol. The van der Waals surface area contributed by atoms with Gasteiger partial charge in [0.05, 0.1) is 5.56 Å². The van der Waals surface area contributed by atoms with E-state index in [9.17, 15) is 4.79 Å². The van der Waals surface area contributed by atoms with E-state index in [1.54, 1.807) is 11.8 Å². The van der Waals surface area contributed by atoms with Crippen LogP contribution in [0.2, 0.25) is 0 Å². The topological polar surface area (TPSA) is 59.8 Å². The first-order valence-electron chi connectivity index (χ1n) is 5.83. The molecule has 0 aromatic heterocycles. The molecule has 0 radical (unpaired) electrons. The zero-order valence-corrected chi connectivity index (χ0v) is 11.4. The minimum Gasteiger partial charge on any atom is -0.311 e.